The Morgan fingerprint density at radius 2 is 1.71 bits per heavy atom. The molecule has 1 aliphatic carbocycles. The second kappa shape index (κ2) is 11.2. The van der Waals surface area contributed by atoms with Gasteiger partial charge < -0.3 is 20.1 Å². The number of hydrogen-bond donors (Lipinski definition) is 2. The first kappa shape index (κ1) is 23.8. The fourth-order valence-electron chi connectivity index (χ4n) is 4.63. The van der Waals surface area contributed by atoms with Crippen molar-refractivity contribution in [2.24, 2.45) is 5.92 Å². The molecule has 34 heavy (non-hydrogen) atoms. The number of fused-ring (bicyclic) bond motifs is 1. The van der Waals surface area contributed by atoms with Gasteiger partial charge in [-0.25, -0.2) is 4.79 Å². The summed E-state index contributed by atoms with van der Waals surface area (Å²) in [6.45, 7) is 0.536. The first-order valence-corrected chi connectivity index (χ1v) is 12.0. The average Bonchev–Trinajstić information content (AvgIpc) is 2.86. The number of carbonyl (C=O) groups is 1. The lowest BCUT2D eigenvalue weighted by molar-refractivity contribution is -0.139. The predicted octanol–water partition coefficient (Wildman–Crippen LogP) is 4.85. The molecular weight excluding hydrogens is 444 g/mol. The van der Waals surface area contributed by atoms with E-state index in [1.54, 1.807) is 0 Å². The van der Waals surface area contributed by atoms with E-state index in [1.165, 1.54) is 16.7 Å². The van der Waals surface area contributed by atoms with Gasteiger partial charge in [-0.1, -0.05) is 72.8 Å². The first-order valence-electron chi connectivity index (χ1n) is 11.6. The summed E-state index contributed by atoms with van der Waals surface area (Å²) >= 11 is 5.82. The Kier molecular flexibility index (Phi) is 7.80. The maximum Gasteiger partial charge on any atom is 0.341 e. The van der Waals surface area contributed by atoms with Gasteiger partial charge in [0, 0.05) is 13.6 Å². The van der Waals surface area contributed by atoms with Crippen molar-refractivity contribution in [2.45, 2.75) is 25.3 Å². The monoisotopic (exact) mass is 474 g/mol. The first-order chi connectivity index (χ1) is 16.5. The molecule has 0 bridgehead atoms. The van der Waals surface area contributed by atoms with Crippen LogP contribution in [0, 0.1) is 5.92 Å². The van der Waals surface area contributed by atoms with Gasteiger partial charge in [0.15, 0.2) is 11.7 Å². The van der Waals surface area contributed by atoms with Gasteiger partial charge in [-0.15, -0.1) is 0 Å². The molecule has 0 aliphatic heterocycles. The largest absolute Gasteiger partial charge is 0.482 e. The molecule has 3 aromatic carbocycles. The highest BCUT2D eigenvalue weighted by Crippen LogP contribution is 2.32. The third-order valence-electron chi connectivity index (χ3n) is 6.30. The van der Waals surface area contributed by atoms with Crippen molar-refractivity contribution < 1.29 is 14.6 Å². The topological polar surface area (TPSA) is 61.8 Å². The van der Waals surface area contributed by atoms with Gasteiger partial charge in [-0.3, -0.25) is 0 Å². The maximum atomic E-state index is 10.9. The number of thiocarbonyl (C=S) groups is 1. The minimum atomic E-state index is -0.960. The lowest BCUT2D eigenvalue weighted by Gasteiger charge is -2.32. The summed E-state index contributed by atoms with van der Waals surface area (Å²) < 4.78 is 5.51. The van der Waals surface area contributed by atoms with E-state index in [1.807, 2.05) is 55.6 Å². The van der Waals surface area contributed by atoms with E-state index in [2.05, 4.69) is 40.5 Å². The Labute approximate surface area is 206 Å². The van der Waals surface area contributed by atoms with Crippen LogP contribution in [0.5, 0.6) is 5.75 Å². The fourth-order valence-corrected chi connectivity index (χ4v) is 4.82. The van der Waals surface area contributed by atoms with Crippen LogP contribution in [0.25, 0.3) is 0 Å². The second-order valence-electron chi connectivity index (χ2n) is 8.77. The van der Waals surface area contributed by atoms with Crippen LogP contribution in [0.2, 0.25) is 0 Å². The van der Waals surface area contributed by atoms with Gasteiger partial charge in [0.1, 0.15) is 5.75 Å². The van der Waals surface area contributed by atoms with Gasteiger partial charge in [0.25, 0.3) is 0 Å². The molecule has 1 atom stereocenters. The number of ether oxygens (including phenoxy) is 1. The highest BCUT2D eigenvalue weighted by atomic mass is 32.1. The van der Waals surface area contributed by atoms with Gasteiger partial charge >= 0.3 is 5.97 Å². The smallest absolute Gasteiger partial charge is 0.341 e. The minimum Gasteiger partial charge on any atom is -0.482 e. The molecule has 6 heteroatoms. The molecule has 4 rings (SSSR count). The summed E-state index contributed by atoms with van der Waals surface area (Å²) in [6, 6.07) is 26.6. The highest BCUT2D eigenvalue weighted by molar-refractivity contribution is 7.80. The van der Waals surface area contributed by atoms with Gasteiger partial charge in [0.05, 0.1) is 6.04 Å². The fraction of sp³-hybridized carbons (Fsp3) is 0.286. The molecule has 0 spiro atoms. The van der Waals surface area contributed by atoms with Gasteiger partial charge in [0.2, 0.25) is 0 Å². The van der Waals surface area contributed by atoms with E-state index in [0.717, 1.165) is 36.5 Å². The quantitative estimate of drug-likeness (QED) is 0.455. The molecule has 3 aromatic rings. The molecule has 1 unspecified atom stereocenters. The van der Waals surface area contributed by atoms with Crippen LogP contribution < -0.4 is 10.1 Å². The van der Waals surface area contributed by atoms with Gasteiger partial charge in [-0.05, 0) is 65.7 Å². The molecule has 5 nitrogen and oxygen atoms in total. The molecular formula is C28H30N2O3S. The number of hydrogen-bond acceptors (Lipinski definition) is 3. The maximum absolute atomic E-state index is 10.9. The van der Waals surface area contributed by atoms with E-state index in [4.69, 9.17) is 22.1 Å². The standard InChI is InChI=1S/C28H30N2O3S/c1-30(18-20-15-16-24-23(17-20)13-8-14-25(24)33-19-26(31)32)28(34)29-27(21-9-4-2-5-10-21)22-11-6-3-7-12-22/h2-14,20,27H,15-19H2,1H3,(H,29,34)(H,31,32). The van der Waals surface area contributed by atoms with Crippen molar-refractivity contribution >= 4 is 23.3 Å². The molecule has 0 fully saturated rings. The number of carboxylic acids is 1. The number of carboxylic acid groups (broad SMARTS) is 1. The minimum absolute atomic E-state index is 0.0154. The zero-order valence-electron chi connectivity index (χ0n) is 19.3. The Bertz CT molecular complexity index is 1080. The van der Waals surface area contributed by atoms with Crippen LogP contribution in [0.1, 0.15) is 34.7 Å². The zero-order chi connectivity index (χ0) is 23.9. The summed E-state index contributed by atoms with van der Waals surface area (Å²) in [5, 5.41) is 13.2. The summed E-state index contributed by atoms with van der Waals surface area (Å²) in [5.41, 5.74) is 4.71. The summed E-state index contributed by atoms with van der Waals surface area (Å²) in [5.74, 6) is 0.189. The van der Waals surface area contributed by atoms with Crippen LogP contribution in [0.3, 0.4) is 0 Å². The van der Waals surface area contributed by atoms with E-state index >= 15 is 0 Å². The molecule has 0 aromatic heterocycles. The van der Waals surface area contributed by atoms with E-state index in [-0.39, 0.29) is 12.6 Å². The van der Waals surface area contributed by atoms with Gasteiger partial charge in [-0.2, -0.15) is 0 Å². The second-order valence-corrected chi connectivity index (χ2v) is 9.16. The van der Waals surface area contributed by atoms with Crippen LogP contribution in [-0.4, -0.2) is 41.3 Å². The van der Waals surface area contributed by atoms with E-state index in [9.17, 15) is 4.79 Å². The molecule has 2 N–H and O–H groups in total. The number of benzene rings is 3. The molecule has 0 amide bonds. The van der Waals surface area contributed by atoms with E-state index in [0.29, 0.717) is 11.7 Å². The SMILES string of the molecule is CN(CC1CCc2c(cccc2OCC(=O)O)C1)C(=S)NC(c1ccccc1)c1ccccc1. The Hall–Kier alpha value is -3.38. The van der Waals surface area contributed by atoms with Crippen molar-refractivity contribution in [3.05, 3.63) is 101 Å². The van der Waals surface area contributed by atoms with Crippen molar-refractivity contribution in [3.63, 3.8) is 0 Å². The molecule has 1 aliphatic rings. The molecule has 176 valence electrons. The van der Waals surface area contributed by atoms with Crippen LogP contribution in [0.4, 0.5) is 0 Å². The summed E-state index contributed by atoms with van der Waals surface area (Å²) in [6.07, 6.45) is 2.81. The lowest BCUT2D eigenvalue weighted by atomic mass is 9.83. The van der Waals surface area contributed by atoms with Crippen LogP contribution in [0.15, 0.2) is 78.9 Å². The highest BCUT2D eigenvalue weighted by Gasteiger charge is 2.24. The number of aliphatic carboxylic acids is 1. The third-order valence-corrected chi connectivity index (χ3v) is 6.73. The van der Waals surface area contributed by atoms with Crippen LogP contribution in [-0.2, 0) is 17.6 Å². The Morgan fingerprint density at radius 1 is 1.06 bits per heavy atom. The summed E-state index contributed by atoms with van der Waals surface area (Å²) in [4.78, 5) is 13.0. The average molecular weight is 475 g/mol. The third kappa shape index (κ3) is 5.94. The molecule has 0 saturated heterocycles. The van der Waals surface area contributed by atoms with Crippen molar-refractivity contribution in [1.82, 2.24) is 10.2 Å². The molecule has 0 radical (unpaired) electrons. The predicted molar refractivity (Wildman–Crippen MR) is 138 cm³/mol. The normalized spacial score (nSPS) is 14.8. The van der Waals surface area contributed by atoms with E-state index < -0.39 is 5.97 Å². The van der Waals surface area contributed by atoms with Crippen molar-refractivity contribution in [2.75, 3.05) is 20.2 Å². The Morgan fingerprint density at radius 3 is 2.32 bits per heavy atom. The zero-order valence-corrected chi connectivity index (χ0v) is 20.1. The lowest BCUT2D eigenvalue weighted by Crippen LogP contribution is -2.42. The number of nitrogens with one attached hydrogen (secondary N) is 1. The van der Waals surface area contributed by atoms with Crippen molar-refractivity contribution in [3.8, 4) is 5.75 Å². The summed E-state index contributed by atoms with van der Waals surface area (Å²) in [7, 11) is 2.05. The molecule has 0 saturated carbocycles. The number of rotatable bonds is 8. The Balaban J connectivity index is 1.41. The molecule has 0 heterocycles. The number of nitrogens with zero attached hydrogens (tertiary/aromatic N) is 1. The van der Waals surface area contributed by atoms with Crippen LogP contribution >= 0.6 is 12.2 Å². The van der Waals surface area contributed by atoms with Crippen molar-refractivity contribution in [1.29, 1.82) is 0 Å².